The molecule has 2 aromatic rings. The fourth-order valence-corrected chi connectivity index (χ4v) is 2.07. The van der Waals surface area contributed by atoms with Crippen LogP contribution in [-0.4, -0.2) is 21.0 Å². The predicted molar refractivity (Wildman–Crippen MR) is 78.6 cm³/mol. The summed E-state index contributed by atoms with van der Waals surface area (Å²) in [6, 6.07) is 6.12. The molecular weight excluding hydrogens is 326 g/mol. The van der Waals surface area contributed by atoms with Crippen LogP contribution in [0, 0.1) is 0 Å². The summed E-state index contributed by atoms with van der Waals surface area (Å²) in [4.78, 5) is 29.3. The molecule has 0 saturated carbocycles. The fraction of sp³-hybridized carbons (Fsp3) is 0.154. The zero-order valence-corrected chi connectivity index (χ0v) is 12.2. The van der Waals surface area contributed by atoms with Gasteiger partial charge in [0.1, 0.15) is 11.6 Å². The van der Waals surface area contributed by atoms with E-state index < -0.39 is 5.97 Å². The molecule has 0 aliphatic carbocycles. The van der Waals surface area contributed by atoms with E-state index in [1.807, 2.05) is 6.92 Å². The van der Waals surface area contributed by atoms with E-state index in [9.17, 15) is 9.59 Å². The number of aromatic amines is 1. The predicted octanol–water partition coefficient (Wildman–Crippen LogP) is 2.54. The molecule has 0 bridgehead atoms. The second-order valence-electron chi connectivity index (χ2n) is 4.06. The monoisotopic (exact) mass is 337 g/mol. The maximum atomic E-state index is 11.5. The Hall–Kier alpha value is -2.15. The Balaban J connectivity index is 2.35. The highest BCUT2D eigenvalue weighted by molar-refractivity contribution is 9.10. The van der Waals surface area contributed by atoms with Crippen molar-refractivity contribution in [3.05, 3.63) is 50.5 Å². The minimum Gasteiger partial charge on any atom is -0.478 e. The van der Waals surface area contributed by atoms with Crippen LogP contribution in [0.1, 0.15) is 23.1 Å². The van der Waals surface area contributed by atoms with Gasteiger partial charge in [-0.2, -0.15) is 0 Å². The number of nitrogens with zero attached hydrogens (tertiary/aromatic N) is 1. The Morgan fingerprint density at radius 1 is 1.45 bits per heavy atom. The summed E-state index contributed by atoms with van der Waals surface area (Å²) in [6.45, 7) is 1.88. The van der Waals surface area contributed by atoms with Crippen LogP contribution in [0.15, 0.2) is 33.5 Å². The molecule has 0 saturated heterocycles. The number of benzene rings is 1. The van der Waals surface area contributed by atoms with E-state index in [1.54, 1.807) is 12.1 Å². The van der Waals surface area contributed by atoms with Gasteiger partial charge in [0, 0.05) is 22.6 Å². The van der Waals surface area contributed by atoms with Crippen LogP contribution in [0.4, 0.5) is 11.5 Å². The van der Waals surface area contributed by atoms with Gasteiger partial charge in [0.25, 0.3) is 5.56 Å². The molecule has 0 aliphatic heterocycles. The zero-order valence-electron chi connectivity index (χ0n) is 10.6. The van der Waals surface area contributed by atoms with Gasteiger partial charge >= 0.3 is 5.97 Å². The Morgan fingerprint density at radius 2 is 2.20 bits per heavy atom. The molecule has 0 unspecified atom stereocenters. The van der Waals surface area contributed by atoms with Gasteiger partial charge in [-0.15, -0.1) is 0 Å². The number of hydrogen-bond acceptors (Lipinski definition) is 4. The van der Waals surface area contributed by atoms with E-state index in [0.717, 1.165) is 0 Å². The molecule has 0 radical (unpaired) electrons. The van der Waals surface area contributed by atoms with E-state index in [-0.39, 0.29) is 11.1 Å². The van der Waals surface area contributed by atoms with Crippen molar-refractivity contribution in [2.24, 2.45) is 0 Å². The van der Waals surface area contributed by atoms with Gasteiger partial charge in [-0.25, -0.2) is 9.78 Å². The molecule has 2 rings (SSSR count). The van der Waals surface area contributed by atoms with Crippen molar-refractivity contribution >= 4 is 33.4 Å². The summed E-state index contributed by atoms with van der Waals surface area (Å²) in [7, 11) is 0. The number of carboxylic acid groups (broad SMARTS) is 1. The first kappa shape index (κ1) is 14.3. The normalized spacial score (nSPS) is 10.3. The highest BCUT2D eigenvalue weighted by Crippen LogP contribution is 2.22. The van der Waals surface area contributed by atoms with Crippen LogP contribution >= 0.6 is 15.9 Å². The summed E-state index contributed by atoms with van der Waals surface area (Å²) in [5.74, 6) is -0.0894. The lowest BCUT2D eigenvalue weighted by Crippen LogP contribution is -2.11. The molecule has 20 heavy (non-hydrogen) atoms. The largest absolute Gasteiger partial charge is 0.478 e. The molecule has 1 heterocycles. The fourth-order valence-electron chi connectivity index (χ4n) is 1.65. The SMILES string of the molecule is CCc1nc(Nc2ccc(Br)c(C(=O)O)c2)cc(=O)[nH]1. The van der Waals surface area contributed by atoms with Gasteiger partial charge < -0.3 is 15.4 Å². The topological polar surface area (TPSA) is 95.1 Å². The van der Waals surface area contributed by atoms with Crippen molar-refractivity contribution in [1.82, 2.24) is 9.97 Å². The smallest absolute Gasteiger partial charge is 0.336 e. The van der Waals surface area contributed by atoms with Gasteiger partial charge in [-0.3, -0.25) is 4.79 Å². The van der Waals surface area contributed by atoms with Gasteiger partial charge in [0.05, 0.1) is 5.56 Å². The number of aromatic nitrogens is 2. The summed E-state index contributed by atoms with van der Waals surface area (Å²) in [5.41, 5.74) is 0.427. The molecule has 6 nitrogen and oxygen atoms in total. The molecule has 104 valence electrons. The number of aromatic carboxylic acids is 1. The van der Waals surface area contributed by atoms with Crippen molar-refractivity contribution in [3.8, 4) is 0 Å². The van der Waals surface area contributed by atoms with Gasteiger partial charge in [0.15, 0.2) is 0 Å². The quantitative estimate of drug-likeness (QED) is 0.796. The molecule has 0 amide bonds. The van der Waals surface area contributed by atoms with E-state index in [2.05, 4.69) is 31.2 Å². The Kier molecular flexibility index (Phi) is 4.19. The third kappa shape index (κ3) is 3.24. The number of carbonyl (C=O) groups is 1. The summed E-state index contributed by atoms with van der Waals surface area (Å²) >= 11 is 3.17. The number of aryl methyl sites for hydroxylation is 1. The zero-order chi connectivity index (χ0) is 14.7. The van der Waals surface area contributed by atoms with Gasteiger partial charge in [0.2, 0.25) is 0 Å². The molecule has 3 N–H and O–H groups in total. The van der Waals surface area contributed by atoms with E-state index in [0.29, 0.717) is 28.2 Å². The lowest BCUT2D eigenvalue weighted by molar-refractivity contribution is 0.0696. The molecule has 0 atom stereocenters. The first-order valence-corrected chi connectivity index (χ1v) is 6.69. The van der Waals surface area contributed by atoms with Gasteiger partial charge in [-0.05, 0) is 34.1 Å². The summed E-state index contributed by atoms with van der Waals surface area (Å²) in [6.07, 6.45) is 0.603. The molecule has 0 spiro atoms. The van der Waals surface area contributed by atoms with Gasteiger partial charge in [-0.1, -0.05) is 6.92 Å². The number of rotatable bonds is 4. The van der Waals surface area contributed by atoms with Crippen LogP contribution in [0.25, 0.3) is 0 Å². The average Bonchev–Trinajstić information content (AvgIpc) is 2.40. The van der Waals surface area contributed by atoms with Crippen molar-refractivity contribution < 1.29 is 9.90 Å². The minimum atomic E-state index is -1.03. The van der Waals surface area contributed by atoms with Crippen molar-refractivity contribution in [2.45, 2.75) is 13.3 Å². The second-order valence-corrected chi connectivity index (χ2v) is 4.91. The van der Waals surface area contributed by atoms with Crippen LogP contribution < -0.4 is 10.9 Å². The molecule has 1 aromatic heterocycles. The minimum absolute atomic E-state index is 0.135. The van der Waals surface area contributed by atoms with E-state index in [4.69, 9.17) is 5.11 Å². The number of nitrogens with one attached hydrogen (secondary N) is 2. The van der Waals surface area contributed by atoms with E-state index >= 15 is 0 Å². The van der Waals surface area contributed by atoms with Crippen LogP contribution in [0.2, 0.25) is 0 Å². The molecule has 0 aliphatic rings. The van der Waals surface area contributed by atoms with Crippen molar-refractivity contribution in [1.29, 1.82) is 0 Å². The number of H-pyrrole nitrogens is 1. The number of halogens is 1. The van der Waals surface area contributed by atoms with Crippen molar-refractivity contribution in [3.63, 3.8) is 0 Å². The Bertz CT molecular complexity index is 712. The third-order valence-electron chi connectivity index (χ3n) is 2.59. The Morgan fingerprint density at radius 3 is 2.85 bits per heavy atom. The summed E-state index contributed by atoms with van der Waals surface area (Å²) in [5, 5.41) is 12.0. The van der Waals surface area contributed by atoms with E-state index in [1.165, 1.54) is 12.1 Å². The first-order valence-electron chi connectivity index (χ1n) is 5.89. The lowest BCUT2D eigenvalue weighted by Gasteiger charge is -2.08. The van der Waals surface area contributed by atoms with Crippen LogP contribution in [-0.2, 0) is 6.42 Å². The maximum Gasteiger partial charge on any atom is 0.336 e. The third-order valence-corrected chi connectivity index (χ3v) is 3.29. The van der Waals surface area contributed by atoms with Crippen molar-refractivity contribution in [2.75, 3.05) is 5.32 Å². The first-order chi connectivity index (χ1) is 9.49. The summed E-state index contributed by atoms with van der Waals surface area (Å²) < 4.78 is 0.490. The highest BCUT2D eigenvalue weighted by Gasteiger charge is 2.09. The van der Waals surface area contributed by atoms with Crippen LogP contribution in [0.5, 0.6) is 0 Å². The standard InChI is InChI=1S/C13H12BrN3O3/c1-2-10-16-11(6-12(18)17-10)15-7-3-4-9(14)8(5-7)13(19)20/h3-6H,2H2,1H3,(H,19,20)(H2,15,16,17,18). The number of anilines is 2. The highest BCUT2D eigenvalue weighted by atomic mass is 79.9. The lowest BCUT2D eigenvalue weighted by atomic mass is 10.2. The van der Waals surface area contributed by atoms with Crippen LogP contribution in [0.3, 0.4) is 0 Å². The number of hydrogen-bond donors (Lipinski definition) is 3. The average molecular weight is 338 g/mol. The molecule has 1 aromatic carbocycles. The number of carboxylic acids is 1. The molecule has 7 heteroatoms. The molecule has 0 fully saturated rings. The second kappa shape index (κ2) is 5.87. The Labute approximate surface area is 123 Å². The maximum absolute atomic E-state index is 11.5. The molecular formula is C13H12BrN3O3.